The molecule has 1 saturated heterocycles. The number of hydrogen-bond donors (Lipinski definition) is 0. The number of aryl methyl sites for hydroxylation is 1. The number of carbonyl (C=O) groups is 1. The van der Waals surface area contributed by atoms with Gasteiger partial charge in [-0.2, -0.15) is 0 Å². The van der Waals surface area contributed by atoms with Gasteiger partial charge in [-0.15, -0.1) is 0 Å². The number of methoxy groups -OCH3 is 1. The van der Waals surface area contributed by atoms with Crippen molar-refractivity contribution in [2.75, 3.05) is 13.7 Å². The van der Waals surface area contributed by atoms with E-state index in [1.807, 2.05) is 41.4 Å². The summed E-state index contributed by atoms with van der Waals surface area (Å²) in [7, 11) is 1.66. The summed E-state index contributed by atoms with van der Waals surface area (Å²) >= 11 is 0. The third-order valence-corrected chi connectivity index (χ3v) is 5.88. The summed E-state index contributed by atoms with van der Waals surface area (Å²) in [6.07, 6.45) is 5.62. The molecule has 0 saturated carbocycles. The Labute approximate surface area is 182 Å². The van der Waals surface area contributed by atoms with Gasteiger partial charge in [0, 0.05) is 19.2 Å². The van der Waals surface area contributed by atoms with Crippen LogP contribution in [0.2, 0.25) is 0 Å². The highest BCUT2D eigenvalue weighted by Crippen LogP contribution is 2.32. The lowest BCUT2D eigenvalue weighted by Crippen LogP contribution is -2.31. The minimum absolute atomic E-state index is 0.0324. The van der Waals surface area contributed by atoms with Gasteiger partial charge in [-0.25, -0.2) is 4.39 Å². The van der Waals surface area contributed by atoms with Gasteiger partial charge in [0.1, 0.15) is 11.6 Å². The molecule has 0 N–H and O–H groups in total. The molecule has 4 nitrogen and oxygen atoms in total. The molecule has 4 rings (SSSR count). The number of ether oxygens (including phenoxy) is 1. The zero-order chi connectivity index (χ0) is 21.6. The standard InChI is InChI=1S/C26H27FN2O2/c1-31-25-7-3-2-5-21(25)11-15-26(30)29-16-4-6-24(29)23-14-10-20(18-28-23)17-19-8-12-22(27)13-9-19/h2-3,5,7-10,12-14,18,24H,4,6,11,15-17H2,1H3/t24-/m0/s1. The molecular formula is C26H27FN2O2. The molecule has 160 valence electrons. The lowest BCUT2D eigenvalue weighted by Gasteiger charge is -2.24. The number of carbonyl (C=O) groups excluding carboxylic acids is 1. The fourth-order valence-corrected chi connectivity index (χ4v) is 4.24. The maximum Gasteiger partial charge on any atom is 0.223 e. The first-order chi connectivity index (χ1) is 15.1. The van der Waals surface area contributed by atoms with Crippen molar-refractivity contribution < 1.29 is 13.9 Å². The Kier molecular flexibility index (Phi) is 6.60. The van der Waals surface area contributed by atoms with Crippen LogP contribution in [0.15, 0.2) is 66.9 Å². The van der Waals surface area contributed by atoms with Gasteiger partial charge >= 0.3 is 0 Å². The lowest BCUT2D eigenvalue weighted by molar-refractivity contribution is -0.132. The van der Waals surface area contributed by atoms with Crippen molar-refractivity contribution in [3.05, 3.63) is 95.1 Å². The fourth-order valence-electron chi connectivity index (χ4n) is 4.24. The van der Waals surface area contributed by atoms with Gasteiger partial charge in [0.05, 0.1) is 18.8 Å². The largest absolute Gasteiger partial charge is 0.496 e. The van der Waals surface area contributed by atoms with Crippen LogP contribution in [-0.2, 0) is 17.6 Å². The molecule has 0 aliphatic carbocycles. The number of benzene rings is 2. The second kappa shape index (κ2) is 9.73. The minimum Gasteiger partial charge on any atom is -0.496 e. The van der Waals surface area contributed by atoms with E-state index >= 15 is 0 Å². The van der Waals surface area contributed by atoms with E-state index in [0.717, 1.165) is 47.5 Å². The quantitative estimate of drug-likeness (QED) is 0.535. The number of halogens is 1. The van der Waals surface area contributed by atoms with Crippen molar-refractivity contribution >= 4 is 5.91 Å². The monoisotopic (exact) mass is 418 g/mol. The molecule has 1 aliphatic heterocycles. The zero-order valence-electron chi connectivity index (χ0n) is 17.8. The Morgan fingerprint density at radius 2 is 1.87 bits per heavy atom. The van der Waals surface area contributed by atoms with E-state index in [-0.39, 0.29) is 17.8 Å². The molecule has 1 amide bonds. The molecule has 2 aromatic carbocycles. The van der Waals surface area contributed by atoms with E-state index < -0.39 is 0 Å². The second-order valence-electron chi connectivity index (χ2n) is 7.95. The number of nitrogens with zero attached hydrogens (tertiary/aromatic N) is 2. The normalized spacial score (nSPS) is 15.8. The summed E-state index contributed by atoms with van der Waals surface area (Å²) in [5, 5.41) is 0. The van der Waals surface area contributed by atoms with E-state index in [2.05, 4.69) is 11.1 Å². The van der Waals surface area contributed by atoms with Crippen LogP contribution in [-0.4, -0.2) is 29.4 Å². The summed E-state index contributed by atoms with van der Waals surface area (Å²) in [6.45, 7) is 0.772. The Hall–Kier alpha value is -3.21. The highest BCUT2D eigenvalue weighted by molar-refractivity contribution is 5.77. The predicted molar refractivity (Wildman–Crippen MR) is 118 cm³/mol. The summed E-state index contributed by atoms with van der Waals surface area (Å²) in [5.41, 5.74) is 4.11. The van der Waals surface area contributed by atoms with Crippen LogP contribution in [0.1, 0.15) is 47.7 Å². The van der Waals surface area contributed by atoms with Gasteiger partial charge in [-0.1, -0.05) is 36.4 Å². The second-order valence-corrected chi connectivity index (χ2v) is 7.95. The van der Waals surface area contributed by atoms with Crippen LogP contribution in [0.5, 0.6) is 5.75 Å². The van der Waals surface area contributed by atoms with Gasteiger partial charge < -0.3 is 9.64 Å². The first-order valence-corrected chi connectivity index (χ1v) is 10.7. The van der Waals surface area contributed by atoms with Gasteiger partial charge in [0.25, 0.3) is 0 Å². The molecule has 1 aromatic heterocycles. The van der Waals surface area contributed by atoms with Crippen molar-refractivity contribution in [1.29, 1.82) is 0 Å². The third kappa shape index (κ3) is 5.10. The predicted octanol–water partition coefficient (Wildman–Crippen LogP) is 5.12. The number of likely N-dealkylation sites (tertiary alicyclic amines) is 1. The smallest absolute Gasteiger partial charge is 0.223 e. The first kappa shape index (κ1) is 21.0. The molecule has 1 atom stereocenters. The molecule has 2 heterocycles. The van der Waals surface area contributed by atoms with E-state index in [1.165, 1.54) is 12.1 Å². The highest BCUT2D eigenvalue weighted by atomic mass is 19.1. The molecule has 0 unspecified atom stereocenters. The third-order valence-electron chi connectivity index (χ3n) is 5.88. The van der Waals surface area contributed by atoms with Crippen molar-refractivity contribution in [2.45, 2.75) is 38.1 Å². The van der Waals surface area contributed by atoms with Crippen LogP contribution < -0.4 is 4.74 Å². The molecule has 5 heteroatoms. The lowest BCUT2D eigenvalue weighted by atomic mass is 10.0. The zero-order valence-corrected chi connectivity index (χ0v) is 17.8. The van der Waals surface area contributed by atoms with Crippen LogP contribution in [0.4, 0.5) is 4.39 Å². The Morgan fingerprint density at radius 1 is 1.10 bits per heavy atom. The van der Waals surface area contributed by atoms with E-state index in [1.54, 1.807) is 19.2 Å². The average molecular weight is 419 g/mol. The molecule has 1 fully saturated rings. The maximum atomic E-state index is 13.1. The molecule has 0 radical (unpaired) electrons. The maximum absolute atomic E-state index is 13.1. The van der Waals surface area contributed by atoms with Crippen molar-refractivity contribution in [3.8, 4) is 5.75 Å². The molecule has 31 heavy (non-hydrogen) atoms. The van der Waals surface area contributed by atoms with Crippen molar-refractivity contribution in [2.24, 2.45) is 0 Å². The number of pyridine rings is 1. The van der Waals surface area contributed by atoms with Gasteiger partial charge in [-0.05, 0) is 66.6 Å². The Balaban J connectivity index is 1.39. The molecular weight excluding hydrogens is 391 g/mol. The SMILES string of the molecule is COc1ccccc1CCC(=O)N1CCC[C@H]1c1ccc(Cc2ccc(F)cc2)cn1. The highest BCUT2D eigenvalue weighted by Gasteiger charge is 2.30. The van der Waals surface area contributed by atoms with E-state index in [0.29, 0.717) is 19.3 Å². The number of rotatable bonds is 7. The molecule has 1 aliphatic rings. The number of para-hydroxylation sites is 1. The summed E-state index contributed by atoms with van der Waals surface area (Å²) in [6, 6.07) is 18.5. The van der Waals surface area contributed by atoms with Crippen LogP contribution in [0, 0.1) is 5.82 Å². The molecule has 3 aromatic rings. The Bertz CT molecular complexity index is 1020. The summed E-state index contributed by atoms with van der Waals surface area (Å²) in [4.78, 5) is 19.6. The van der Waals surface area contributed by atoms with E-state index in [4.69, 9.17) is 4.74 Å². The van der Waals surface area contributed by atoms with Gasteiger partial charge in [0.2, 0.25) is 5.91 Å². The summed E-state index contributed by atoms with van der Waals surface area (Å²) < 4.78 is 18.5. The molecule has 0 spiro atoms. The first-order valence-electron chi connectivity index (χ1n) is 10.7. The number of hydrogen-bond acceptors (Lipinski definition) is 3. The van der Waals surface area contributed by atoms with Crippen molar-refractivity contribution in [1.82, 2.24) is 9.88 Å². The van der Waals surface area contributed by atoms with Crippen molar-refractivity contribution in [3.63, 3.8) is 0 Å². The van der Waals surface area contributed by atoms with Crippen LogP contribution >= 0.6 is 0 Å². The van der Waals surface area contributed by atoms with Crippen LogP contribution in [0.25, 0.3) is 0 Å². The average Bonchev–Trinajstić information content (AvgIpc) is 3.30. The van der Waals surface area contributed by atoms with E-state index in [9.17, 15) is 9.18 Å². The number of amides is 1. The fraction of sp³-hybridized carbons (Fsp3) is 0.308. The topological polar surface area (TPSA) is 42.4 Å². The Morgan fingerprint density at radius 3 is 2.61 bits per heavy atom. The van der Waals surface area contributed by atoms with Gasteiger partial charge in [0.15, 0.2) is 0 Å². The van der Waals surface area contributed by atoms with Crippen LogP contribution in [0.3, 0.4) is 0 Å². The number of aromatic nitrogens is 1. The minimum atomic E-state index is -0.228. The molecule has 0 bridgehead atoms. The van der Waals surface area contributed by atoms with Gasteiger partial charge in [-0.3, -0.25) is 9.78 Å². The summed E-state index contributed by atoms with van der Waals surface area (Å²) in [5.74, 6) is 0.756.